The number of halogens is 1. The Balaban J connectivity index is 1.68. The number of nitrogens with zero attached hydrogens (tertiary/aromatic N) is 1. The first-order valence-corrected chi connectivity index (χ1v) is 8.01. The lowest BCUT2D eigenvalue weighted by atomic mass is 10.1. The molecule has 2 heterocycles. The first-order valence-electron chi connectivity index (χ1n) is 8.01. The molecule has 1 atom stereocenters. The number of quaternary nitrogens is 2. The highest BCUT2D eigenvalue weighted by atomic mass is 19.1. The number of imide groups is 1. The molecule has 2 amide bonds. The standard InChI is InChI=1S/C16H20FN3O3/c17-12-1-3-13(4-2-12)20-15(22)11-14(16(20)23)19-7-5-18(6-8-19)9-10-21/h1-4,14,21H,5-11H2/p+2. The molecule has 0 saturated carbocycles. The van der Waals surface area contributed by atoms with Crippen molar-refractivity contribution >= 4 is 17.5 Å². The molecule has 0 aliphatic carbocycles. The zero-order chi connectivity index (χ0) is 16.4. The lowest BCUT2D eigenvalue weighted by molar-refractivity contribution is -1.02. The molecule has 2 saturated heterocycles. The second-order valence-corrected chi connectivity index (χ2v) is 6.18. The van der Waals surface area contributed by atoms with Crippen LogP contribution in [0.5, 0.6) is 0 Å². The van der Waals surface area contributed by atoms with Crippen LogP contribution >= 0.6 is 0 Å². The van der Waals surface area contributed by atoms with Crippen molar-refractivity contribution in [2.45, 2.75) is 12.5 Å². The summed E-state index contributed by atoms with van der Waals surface area (Å²) in [5.41, 5.74) is 0.438. The molecular weight excluding hydrogens is 301 g/mol. The van der Waals surface area contributed by atoms with E-state index in [9.17, 15) is 14.0 Å². The number of rotatable bonds is 4. The van der Waals surface area contributed by atoms with Gasteiger partial charge in [-0.15, -0.1) is 0 Å². The molecule has 23 heavy (non-hydrogen) atoms. The van der Waals surface area contributed by atoms with Crippen molar-refractivity contribution in [3.63, 3.8) is 0 Å². The lowest BCUT2D eigenvalue weighted by Crippen LogP contribution is -3.30. The van der Waals surface area contributed by atoms with Crippen LogP contribution in [0.25, 0.3) is 0 Å². The Kier molecular flexibility index (Phi) is 4.70. The van der Waals surface area contributed by atoms with E-state index in [4.69, 9.17) is 5.11 Å². The summed E-state index contributed by atoms with van der Waals surface area (Å²) in [5, 5.41) is 8.99. The first-order chi connectivity index (χ1) is 11.1. The second kappa shape index (κ2) is 6.74. The van der Waals surface area contributed by atoms with Gasteiger partial charge in [-0.3, -0.25) is 9.59 Å². The van der Waals surface area contributed by atoms with Crippen molar-refractivity contribution in [3.8, 4) is 0 Å². The Morgan fingerprint density at radius 2 is 1.78 bits per heavy atom. The smallest absolute Gasteiger partial charge is 0.292 e. The van der Waals surface area contributed by atoms with E-state index in [2.05, 4.69) is 0 Å². The van der Waals surface area contributed by atoms with E-state index in [0.29, 0.717) is 5.69 Å². The third-order valence-corrected chi connectivity index (χ3v) is 4.79. The fourth-order valence-electron chi connectivity index (χ4n) is 3.49. The van der Waals surface area contributed by atoms with Gasteiger partial charge in [-0.2, -0.15) is 0 Å². The minimum absolute atomic E-state index is 0.170. The Morgan fingerprint density at radius 3 is 2.39 bits per heavy atom. The highest BCUT2D eigenvalue weighted by Crippen LogP contribution is 2.22. The van der Waals surface area contributed by atoms with Crippen LogP contribution in [0.4, 0.5) is 10.1 Å². The summed E-state index contributed by atoms with van der Waals surface area (Å²) >= 11 is 0. The summed E-state index contributed by atoms with van der Waals surface area (Å²) in [5.74, 6) is -0.801. The topological polar surface area (TPSA) is 66.5 Å². The SMILES string of the molecule is O=C1CC([NH+]2CC[NH+](CCO)CC2)C(=O)N1c1ccc(F)cc1. The predicted octanol–water partition coefficient (Wildman–Crippen LogP) is -2.77. The minimum atomic E-state index is -0.391. The molecule has 0 radical (unpaired) electrons. The van der Waals surface area contributed by atoms with Gasteiger partial charge in [-0.1, -0.05) is 0 Å². The summed E-state index contributed by atoms with van der Waals surface area (Å²) in [4.78, 5) is 28.6. The van der Waals surface area contributed by atoms with E-state index < -0.39 is 5.82 Å². The maximum absolute atomic E-state index is 13.0. The number of amides is 2. The molecule has 3 rings (SSSR count). The summed E-state index contributed by atoms with van der Waals surface area (Å²) in [7, 11) is 0. The van der Waals surface area contributed by atoms with Crippen LogP contribution < -0.4 is 14.7 Å². The van der Waals surface area contributed by atoms with Crippen LogP contribution in [0, 0.1) is 5.82 Å². The van der Waals surface area contributed by atoms with E-state index in [1.807, 2.05) is 0 Å². The molecule has 1 aromatic rings. The van der Waals surface area contributed by atoms with Gasteiger partial charge >= 0.3 is 0 Å². The number of aliphatic hydroxyl groups is 1. The molecule has 6 nitrogen and oxygen atoms in total. The Labute approximate surface area is 134 Å². The number of nitrogens with one attached hydrogen (secondary N) is 2. The summed E-state index contributed by atoms with van der Waals surface area (Å²) in [6, 6.07) is 5.10. The third kappa shape index (κ3) is 3.26. The van der Waals surface area contributed by atoms with Gasteiger partial charge in [0.05, 0.1) is 18.7 Å². The molecule has 3 N–H and O–H groups in total. The van der Waals surface area contributed by atoms with Crippen LogP contribution in [0.1, 0.15) is 6.42 Å². The zero-order valence-corrected chi connectivity index (χ0v) is 12.9. The average Bonchev–Trinajstić information content (AvgIpc) is 2.84. The molecule has 2 fully saturated rings. The Morgan fingerprint density at radius 1 is 1.13 bits per heavy atom. The molecule has 2 aliphatic heterocycles. The molecule has 1 aromatic carbocycles. The lowest BCUT2D eigenvalue weighted by Gasteiger charge is -2.31. The van der Waals surface area contributed by atoms with Gasteiger partial charge in [0.25, 0.3) is 5.91 Å². The van der Waals surface area contributed by atoms with Crippen LogP contribution in [-0.2, 0) is 9.59 Å². The van der Waals surface area contributed by atoms with Crippen LogP contribution in [0.2, 0.25) is 0 Å². The summed E-state index contributed by atoms with van der Waals surface area (Å²) in [6.45, 7) is 4.32. The number of carbonyl (C=O) groups is 2. The Bertz CT molecular complexity index is 585. The van der Waals surface area contributed by atoms with Gasteiger partial charge in [0, 0.05) is 0 Å². The molecule has 2 aliphatic rings. The fraction of sp³-hybridized carbons (Fsp3) is 0.500. The van der Waals surface area contributed by atoms with Crippen molar-refractivity contribution in [2.75, 3.05) is 44.2 Å². The number of piperazine rings is 1. The predicted molar refractivity (Wildman–Crippen MR) is 80.6 cm³/mol. The number of anilines is 1. The second-order valence-electron chi connectivity index (χ2n) is 6.18. The van der Waals surface area contributed by atoms with E-state index >= 15 is 0 Å². The van der Waals surface area contributed by atoms with E-state index in [0.717, 1.165) is 37.6 Å². The van der Waals surface area contributed by atoms with E-state index in [1.54, 1.807) is 0 Å². The quantitative estimate of drug-likeness (QED) is 0.526. The number of hydrogen-bond acceptors (Lipinski definition) is 3. The molecule has 1 unspecified atom stereocenters. The monoisotopic (exact) mass is 323 g/mol. The maximum Gasteiger partial charge on any atom is 0.292 e. The molecule has 0 spiro atoms. The highest BCUT2D eigenvalue weighted by Gasteiger charge is 2.46. The molecule has 124 valence electrons. The van der Waals surface area contributed by atoms with Crippen molar-refractivity contribution in [1.82, 2.24) is 0 Å². The summed E-state index contributed by atoms with van der Waals surface area (Å²) < 4.78 is 13.0. The average molecular weight is 323 g/mol. The molecule has 0 bridgehead atoms. The number of benzene rings is 1. The van der Waals surface area contributed by atoms with Gasteiger partial charge in [-0.05, 0) is 24.3 Å². The maximum atomic E-state index is 13.0. The van der Waals surface area contributed by atoms with Gasteiger partial charge < -0.3 is 14.9 Å². The van der Waals surface area contributed by atoms with Crippen molar-refractivity contribution in [1.29, 1.82) is 0 Å². The van der Waals surface area contributed by atoms with Gasteiger partial charge in [0.2, 0.25) is 5.91 Å². The highest BCUT2D eigenvalue weighted by molar-refractivity contribution is 6.21. The minimum Gasteiger partial charge on any atom is -0.391 e. The zero-order valence-electron chi connectivity index (χ0n) is 12.9. The van der Waals surface area contributed by atoms with Gasteiger partial charge in [0.15, 0.2) is 6.04 Å². The van der Waals surface area contributed by atoms with Gasteiger partial charge in [-0.25, -0.2) is 9.29 Å². The third-order valence-electron chi connectivity index (χ3n) is 4.79. The molecule has 0 aromatic heterocycles. The first kappa shape index (κ1) is 16.0. The van der Waals surface area contributed by atoms with Crippen LogP contribution in [-0.4, -0.2) is 62.3 Å². The number of aliphatic hydroxyl groups excluding tert-OH is 1. The van der Waals surface area contributed by atoms with Crippen molar-refractivity contribution in [3.05, 3.63) is 30.1 Å². The van der Waals surface area contributed by atoms with Gasteiger partial charge in [0.1, 0.15) is 38.5 Å². The number of carbonyl (C=O) groups excluding carboxylic acids is 2. The fourth-order valence-corrected chi connectivity index (χ4v) is 3.49. The van der Waals surface area contributed by atoms with Crippen LogP contribution in [0.15, 0.2) is 24.3 Å². The van der Waals surface area contributed by atoms with E-state index in [1.165, 1.54) is 34.1 Å². The normalized spacial score (nSPS) is 28.4. The Hall–Kier alpha value is -1.83. The number of hydrogen-bond donors (Lipinski definition) is 3. The molecular formula is C16H22FN3O3+2. The summed E-state index contributed by atoms with van der Waals surface area (Å²) in [6.07, 6.45) is 0.209. The van der Waals surface area contributed by atoms with E-state index in [-0.39, 0.29) is 30.9 Å². The van der Waals surface area contributed by atoms with Crippen molar-refractivity contribution < 1.29 is 28.9 Å². The molecule has 7 heteroatoms. The largest absolute Gasteiger partial charge is 0.391 e. The van der Waals surface area contributed by atoms with Crippen molar-refractivity contribution in [2.24, 2.45) is 0 Å². The van der Waals surface area contributed by atoms with Crippen LogP contribution in [0.3, 0.4) is 0 Å².